The SMILES string of the molecule is Cc1ccnc2ccccc12.[O-][Cl+3]([O-])([O-])O. The van der Waals surface area contributed by atoms with E-state index in [1.54, 1.807) is 0 Å². The number of rotatable bonds is 0. The van der Waals surface area contributed by atoms with E-state index in [4.69, 9.17) is 18.6 Å². The minimum absolute atomic E-state index is 1.08. The van der Waals surface area contributed by atoms with Crippen LogP contribution in [0.1, 0.15) is 5.56 Å². The number of aromatic nitrogens is 1. The van der Waals surface area contributed by atoms with Crippen molar-refractivity contribution in [2.45, 2.75) is 6.92 Å². The fourth-order valence-electron chi connectivity index (χ4n) is 1.24. The van der Waals surface area contributed by atoms with Gasteiger partial charge in [0.25, 0.3) is 0 Å². The third-order valence-electron chi connectivity index (χ3n) is 1.87. The molecule has 0 spiro atoms. The quantitative estimate of drug-likeness (QED) is 0.602. The zero-order valence-electron chi connectivity index (χ0n) is 8.46. The van der Waals surface area contributed by atoms with Crippen LogP contribution in [0.2, 0.25) is 0 Å². The molecule has 1 heterocycles. The first kappa shape index (κ1) is 12.8. The molecule has 16 heavy (non-hydrogen) atoms. The monoisotopic (exact) mass is 243 g/mol. The Kier molecular flexibility index (Phi) is 4.17. The van der Waals surface area contributed by atoms with Gasteiger partial charge in [-0.3, -0.25) is 4.98 Å². The van der Waals surface area contributed by atoms with E-state index in [1.165, 1.54) is 10.9 Å². The molecule has 2 aromatic rings. The topological polar surface area (TPSA) is 102 Å². The summed E-state index contributed by atoms with van der Waals surface area (Å²) in [5.74, 6) is 0. The number of pyridine rings is 1. The Hall–Kier alpha value is -1.24. The van der Waals surface area contributed by atoms with Gasteiger partial charge in [0.2, 0.25) is 0 Å². The molecule has 0 saturated heterocycles. The van der Waals surface area contributed by atoms with Crippen LogP contribution in [-0.2, 0) is 0 Å². The van der Waals surface area contributed by atoms with Crippen LogP contribution < -0.4 is 14.0 Å². The van der Waals surface area contributed by atoms with Crippen molar-refractivity contribution in [3.8, 4) is 0 Å². The molecule has 5 nitrogen and oxygen atoms in total. The van der Waals surface area contributed by atoms with Crippen molar-refractivity contribution in [2.24, 2.45) is 0 Å². The highest BCUT2D eigenvalue weighted by atomic mass is 35.7. The van der Waals surface area contributed by atoms with Gasteiger partial charge in [0.15, 0.2) is 0 Å². The number of nitrogens with zero attached hydrogens (tertiary/aromatic N) is 1. The lowest BCUT2D eigenvalue weighted by Gasteiger charge is -2.03. The number of para-hydroxylation sites is 1. The van der Waals surface area contributed by atoms with Crippen LogP contribution in [0.5, 0.6) is 0 Å². The molecule has 2 rings (SSSR count). The fourth-order valence-corrected chi connectivity index (χ4v) is 1.24. The number of hydrogen-bond donors (Lipinski definition) is 1. The second kappa shape index (κ2) is 5.20. The van der Waals surface area contributed by atoms with Gasteiger partial charge in [0.1, 0.15) is 0 Å². The number of benzene rings is 1. The van der Waals surface area contributed by atoms with Crippen molar-refractivity contribution in [2.75, 3.05) is 0 Å². The molecular formula is C10H10ClNO4. The van der Waals surface area contributed by atoms with Crippen molar-refractivity contribution < 1.29 is 28.9 Å². The average molecular weight is 244 g/mol. The fraction of sp³-hybridized carbons (Fsp3) is 0.100. The van der Waals surface area contributed by atoms with Crippen molar-refractivity contribution in [1.82, 2.24) is 4.98 Å². The lowest BCUT2D eigenvalue weighted by atomic mass is 10.1. The van der Waals surface area contributed by atoms with Crippen LogP contribution in [0.3, 0.4) is 0 Å². The molecule has 0 unspecified atom stereocenters. The summed E-state index contributed by atoms with van der Waals surface area (Å²) in [6.07, 6.45) is 1.84. The Labute approximate surface area is 94.3 Å². The maximum absolute atomic E-state index is 8.60. The predicted octanol–water partition coefficient (Wildman–Crippen LogP) is -1.58. The van der Waals surface area contributed by atoms with E-state index in [9.17, 15) is 0 Å². The first-order valence-electron chi connectivity index (χ1n) is 4.31. The first-order chi connectivity index (χ1) is 7.38. The molecule has 0 atom stereocenters. The molecule has 0 saturated carbocycles. The zero-order chi connectivity index (χ0) is 12.2. The molecule has 0 bridgehead atoms. The second-order valence-electron chi connectivity index (χ2n) is 3.04. The Morgan fingerprint density at radius 3 is 2.25 bits per heavy atom. The highest BCUT2D eigenvalue weighted by Gasteiger charge is 1.98. The largest absolute Gasteiger partial charge is 0.256 e. The average Bonchev–Trinajstić information content (AvgIpc) is 2.16. The molecular weight excluding hydrogens is 234 g/mol. The van der Waals surface area contributed by atoms with Gasteiger partial charge in [-0.1, -0.05) is 18.2 Å². The number of aryl methyl sites for hydroxylation is 1. The van der Waals surface area contributed by atoms with E-state index in [-0.39, 0.29) is 0 Å². The molecule has 0 fully saturated rings. The lowest BCUT2D eigenvalue weighted by molar-refractivity contribution is -1.92. The van der Waals surface area contributed by atoms with Crippen LogP contribution in [0.25, 0.3) is 10.9 Å². The van der Waals surface area contributed by atoms with Crippen molar-refractivity contribution in [3.05, 3.63) is 42.1 Å². The highest BCUT2D eigenvalue weighted by Crippen LogP contribution is 2.13. The van der Waals surface area contributed by atoms with Gasteiger partial charge in [-0.25, -0.2) is 0 Å². The van der Waals surface area contributed by atoms with E-state index in [0.29, 0.717) is 0 Å². The minimum atomic E-state index is -4.69. The van der Waals surface area contributed by atoms with Gasteiger partial charge < -0.3 is 0 Å². The van der Waals surface area contributed by atoms with E-state index in [0.717, 1.165) is 5.52 Å². The van der Waals surface area contributed by atoms with Crippen LogP contribution in [0.15, 0.2) is 36.5 Å². The summed E-state index contributed by atoms with van der Waals surface area (Å²) in [7, 11) is -4.69. The van der Waals surface area contributed by atoms with Gasteiger partial charge in [-0.15, -0.1) is 0 Å². The molecule has 0 radical (unpaired) electrons. The summed E-state index contributed by atoms with van der Waals surface area (Å²) in [4.78, 5) is 4.24. The standard InChI is InChI=1S/C10H9N.ClHO4/c1-8-6-7-11-10-5-3-2-4-9(8)10;2-1(3,4)5/h2-7H,1H3;(H,2,3,4,5). The van der Waals surface area contributed by atoms with Crippen LogP contribution >= 0.6 is 0 Å². The molecule has 0 aliphatic carbocycles. The smallest absolute Gasteiger partial charge is 0.0777 e. The Balaban J connectivity index is 0.000000221. The number of hydrogen-bond acceptors (Lipinski definition) is 5. The van der Waals surface area contributed by atoms with Gasteiger partial charge in [0, 0.05) is 11.6 Å². The summed E-state index contributed by atoms with van der Waals surface area (Å²) in [5, 5.41) is 1.25. The van der Waals surface area contributed by atoms with Crippen molar-refractivity contribution in [3.63, 3.8) is 0 Å². The third kappa shape index (κ3) is 4.52. The maximum atomic E-state index is 8.60. The normalized spacial score (nSPS) is 10.8. The molecule has 0 aliphatic heterocycles. The maximum Gasteiger partial charge on any atom is 0.0777 e. The first-order valence-corrected chi connectivity index (χ1v) is 5.58. The third-order valence-corrected chi connectivity index (χ3v) is 1.87. The molecule has 1 aromatic carbocycles. The zero-order valence-corrected chi connectivity index (χ0v) is 9.22. The van der Waals surface area contributed by atoms with Gasteiger partial charge in [-0.05, 0) is 24.6 Å². The molecule has 1 aromatic heterocycles. The minimum Gasteiger partial charge on any atom is -0.256 e. The molecule has 86 valence electrons. The van der Waals surface area contributed by atoms with Gasteiger partial charge >= 0.3 is 0 Å². The van der Waals surface area contributed by atoms with Crippen LogP contribution in [0, 0.1) is 17.2 Å². The van der Waals surface area contributed by atoms with Gasteiger partial charge in [0.05, 0.1) is 20.4 Å². The summed E-state index contributed by atoms with van der Waals surface area (Å²) in [6, 6.07) is 10.2. The Morgan fingerprint density at radius 1 is 1.12 bits per heavy atom. The Bertz CT molecular complexity index is 458. The summed E-state index contributed by atoms with van der Waals surface area (Å²) >= 11 is 0. The molecule has 0 aliphatic rings. The number of halogens is 1. The Morgan fingerprint density at radius 2 is 1.69 bits per heavy atom. The summed E-state index contributed by atoms with van der Waals surface area (Å²) in [6.45, 7) is 2.10. The highest BCUT2D eigenvalue weighted by molar-refractivity contribution is 5.81. The van der Waals surface area contributed by atoms with Crippen molar-refractivity contribution in [1.29, 1.82) is 0 Å². The second-order valence-corrected chi connectivity index (χ2v) is 3.83. The summed E-state index contributed by atoms with van der Waals surface area (Å²) < 4.78 is 32.7. The van der Waals surface area contributed by atoms with Crippen LogP contribution in [0.4, 0.5) is 0 Å². The van der Waals surface area contributed by atoms with E-state index >= 15 is 0 Å². The van der Waals surface area contributed by atoms with Crippen LogP contribution in [-0.4, -0.2) is 9.64 Å². The summed E-state index contributed by atoms with van der Waals surface area (Å²) in [5.41, 5.74) is 2.36. The van der Waals surface area contributed by atoms with E-state index < -0.39 is 10.2 Å². The van der Waals surface area contributed by atoms with E-state index in [1.807, 2.05) is 30.5 Å². The lowest BCUT2D eigenvalue weighted by Crippen LogP contribution is -2.58. The van der Waals surface area contributed by atoms with Crippen molar-refractivity contribution >= 4 is 10.9 Å². The van der Waals surface area contributed by atoms with E-state index in [2.05, 4.69) is 18.0 Å². The number of fused-ring (bicyclic) bond motifs is 1. The molecule has 1 N–H and O–H groups in total. The molecule has 0 amide bonds. The molecule has 6 heteroatoms. The predicted molar refractivity (Wildman–Crippen MR) is 48.7 cm³/mol. The van der Waals surface area contributed by atoms with Gasteiger partial charge in [-0.2, -0.15) is 14.0 Å².